The van der Waals surface area contributed by atoms with Crippen LogP contribution in [0.25, 0.3) is 10.9 Å². The summed E-state index contributed by atoms with van der Waals surface area (Å²) in [5, 5.41) is 38.2. The van der Waals surface area contributed by atoms with Crippen molar-refractivity contribution in [2.45, 2.75) is 185 Å². The number of primary amides is 1. The van der Waals surface area contributed by atoms with Crippen molar-refractivity contribution in [1.82, 2.24) is 61.4 Å². The zero-order valence-corrected chi connectivity index (χ0v) is 75.0. The molecule has 34 heteroatoms. The second-order valence-electron chi connectivity index (χ2n) is 33.6. The van der Waals surface area contributed by atoms with Gasteiger partial charge in [-0.25, -0.2) is 0 Å². The average molecular weight is 1780 g/mol. The number of phenols is 2. The molecule has 3 heterocycles. The summed E-state index contributed by atoms with van der Waals surface area (Å²) in [7, 11) is 6.80. The predicted molar refractivity (Wildman–Crippen MR) is 481 cm³/mol. The minimum absolute atomic E-state index is 0.0632. The van der Waals surface area contributed by atoms with Crippen LogP contribution in [-0.2, 0) is 114 Å². The van der Waals surface area contributed by atoms with Gasteiger partial charge < -0.3 is 82.1 Å². The van der Waals surface area contributed by atoms with Crippen molar-refractivity contribution in [2.75, 3.05) is 66.4 Å². The van der Waals surface area contributed by atoms with Gasteiger partial charge in [0.2, 0.25) is 70.9 Å². The molecule has 2 aliphatic rings. The van der Waals surface area contributed by atoms with Crippen LogP contribution < -0.4 is 37.6 Å². The van der Waals surface area contributed by atoms with E-state index in [2.05, 4.69) is 41.9 Å². The fraction of sp³-hybridized carbons (Fsp3) is 0.457. The highest BCUT2D eigenvalue weighted by Crippen LogP contribution is 2.28. The summed E-state index contributed by atoms with van der Waals surface area (Å²) in [6, 6.07) is 23.1. The molecule has 0 spiro atoms. The molecule has 12 amide bonds. The number of amides is 12. The number of likely N-dealkylation sites (N-methyl/N-ethyl adjacent to an activating group) is 5. The number of nitrogens with zero attached hydrogens (tertiary/aromatic N) is 6. The van der Waals surface area contributed by atoms with Crippen LogP contribution in [0.15, 0.2) is 156 Å². The molecule has 5 aromatic carbocycles. The van der Waals surface area contributed by atoms with Crippen LogP contribution in [0.5, 0.6) is 11.5 Å². The van der Waals surface area contributed by atoms with Crippen molar-refractivity contribution in [3.05, 3.63) is 179 Å². The van der Waals surface area contributed by atoms with Gasteiger partial charge in [-0.05, 0) is 94.8 Å². The van der Waals surface area contributed by atoms with E-state index in [-0.39, 0.29) is 81.0 Å². The third kappa shape index (κ3) is 30.2. The molecule has 8 rings (SSSR count). The molecule has 686 valence electrons. The molecule has 0 radical (unpaired) electrons. The maximum atomic E-state index is 15.5. The molecule has 0 unspecified atom stereocenters. The summed E-state index contributed by atoms with van der Waals surface area (Å²) in [5.74, 6) is -16.3. The first-order valence-corrected chi connectivity index (χ1v) is 44.1. The van der Waals surface area contributed by atoms with E-state index in [1.54, 1.807) is 131 Å². The molecule has 1 aromatic heterocycles. The van der Waals surface area contributed by atoms with E-state index < -0.39 is 211 Å². The largest absolute Gasteiger partial charge is 0.508 e. The normalized spacial score (nSPS) is 22.6. The molecule has 6 aromatic rings. The number of aromatic amines is 1. The van der Waals surface area contributed by atoms with Gasteiger partial charge in [-0.2, -0.15) is 0 Å². The summed E-state index contributed by atoms with van der Waals surface area (Å²) in [6.07, 6.45) is 2.98. The van der Waals surface area contributed by atoms with Crippen molar-refractivity contribution in [1.29, 1.82) is 0 Å². The topological polar surface area (TPSA) is 465 Å². The Morgan fingerprint density at radius 2 is 1.08 bits per heavy atom. The van der Waals surface area contributed by atoms with E-state index >= 15 is 38.4 Å². The Bertz CT molecular complexity index is 4950. The number of aromatic nitrogens is 1. The quantitative estimate of drug-likeness (QED) is 0.0339. The number of ether oxygens (including phenoxy) is 1. The molecule has 11 N–H and O–H groups in total. The SMILES string of the molecule is CCCC[C@H]1C(=O)N(C)CC(=O)C[C@@H](COC=O)C(=O)C[C@@H](C(C)C)C(=O)N(C)[C@@H](Cc2ccccc2)C(=O)N[C@@H](Cc2ccc(O)cc2)C(=O)N(C)CC(=O)N[C@@H](Cc2c[nH]c3ccccc23)C(=O)N[C@@H](Cc2ccc(O)cc2)C(=O)N[C@@H](CC(C)C)C(=O)N[C@H](C(=O)CCC(N)=O)CSCC(=O)N[C@@H](CC2=CN=CC2)C(=O)N(C)[C@@H](Cc2ccccc2)C(=O)N1C. The van der Waals surface area contributed by atoms with Crippen molar-refractivity contribution in [3.63, 3.8) is 0 Å². The van der Waals surface area contributed by atoms with E-state index in [1.165, 1.54) is 93.6 Å². The third-order valence-corrected chi connectivity index (χ3v) is 23.9. The minimum atomic E-state index is -1.57. The Morgan fingerprint density at radius 3 is 1.66 bits per heavy atom. The third-order valence-electron chi connectivity index (χ3n) is 22.8. The van der Waals surface area contributed by atoms with Crippen molar-refractivity contribution >= 4 is 124 Å². The van der Waals surface area contributed by atoms with E-state index in [1.807, 2.05) is 6.92 Å². The van der Waals surface area contributed by atoms with Crippen molar-refractivity contribution < 1.29 is 91.7 Å². The first-order chi connectivity index (χ1) is 61.0. The van der Waals surface area contributed by atoms with E-state index in [0.717, 1.165) is 26.5 Å². The fourth-order valence-corrected chi connectivity index (χ4v) is 16.4. The zero-order chi connectivity index (χ0) is 93.4. The number of nitrogens with one attached hydrogen (secondary N) is 7. The number of aliphatic imine (C=N–C) groups is 1. The van der Waals surface area contributed by atoms with Gasteiger partial charge in [-0.15, -0.1) is 11.8 Å². The molecule has 33 nitrogen and oxygen atoms in total. The summed E-state index contributed by atoms with van der Waals surface area (Å²) in [5.41, 5.74) is 9.39. The Labute approximate surface area is 749 Å². The predicted octanol–water partition coefficient (Wildman–Crippen LogP) is 4.95. The first kappa shape index (κ1) is 101. The van der Waals surface area contributed by atoms with Crippen LogP contribution in [0.4, 0.5) is 0 Å². The standard InChI is InChI=1S/C94H120N14O19S/c1-11-12-27-78-93(125)104(6)51-68(112)46-65(53-127-56-109)82(114)48-70(58(4)5)90(122)107(9)79(44-59-21-15-13-16-22-59)89(121)102-75(42-62-30-34-67(111)35-31-62)91(123)105(7)52-84(116)98-74(47-64-50-97-71-26-20-19-25-69(64)71)88(120)101-73(41-61-28-32-66(110)33-29-61)87(119)100-72(40-57(2)3)86(118)103-77(81(113)36-37-83(95)115)54-128-55-85(117)99-76(43-63-38-39-96-49-63)92(124)108(10)80(94(126)106(78)8)45-60-23-17-14-18-24-60/h13-26,28-35,39,49-50,56-58,65,70,72-80,97,110-111H,11-12,27,36-38,40-48,51-55H2,1-10H3,(H2,95,115)(H,98,116)(H,99,117)(H,100,119)(H,101,120)(H,102,121)(H,103,118)/t65-,70-,72-,73-,74-,75-,76-,77-,78-,79-,80-/m0/s1. The number of carbonyl (C=O) groups excluding carboxylic acids is 16. The second kappa shape index (κ2) is 49.3. The average Bonchev–Trinajstić information content (AvgIpc) is 1.11. The molecule has 1 fully saturated rings. The van der Waals surface area contributed by atoms with E-state index in [0.29, 0.717) is 63.6 Å². The van der Waals surface area contributed by atoms with Crippen LogP contribution in [0.2, 0.25) is 0 Å². The molecular weight excluding hydrogens is 1660 g/mol. The summed E-state index contributed by atoms with van der Waals surface area (Å²) in [6.45, 7) is 6.87. The van der Waals surface area contributed by atoms with E-state index in [9.17, 15) is 48.6 Å². The number of carbonyl (C=O) groups is 16. The lowest BCUT2D eigenvalue weighted by atomic mass is 9.84. The van der Waals surface area contributed by atoms with Gasteiger partial charge in [0.05, 0.1) is 30.8 Å². The highest BCUT2D eigenvalue weighted by molar-refractivity contribution is 8.00. The Kier molecular flexibility index (Phi) is 38.7. The second-order valence-corrected chi connectivity index (χ2v) is 34.6. The van der Waals surface area contributed by atoms with Gasteiger partial charge in [0, 0.05) is 141 Å². The molecule has 2 aliphatic heterocycles. The van der Waals surface area contributed by atoms with Crippen LogP contribution >= 0.6 is 11.8 Å². The van der Waals surface area contributed by atoms with Crippen molar-refractivity contribution in [2.24, 2.45) is 34.4 Å². The number of phenolic OH excluding ortho intramolecular Hbond substituents is 2. The molecule has 128 heavy (non-hydrogen) atoms. The molecule has 11 atom stereocenters. The van der Waals surface area contributed by atoms with Gasteiger partial charge in [0.25, 0.3) is 6.47 Å². The molecule has 0 aliphatic carbocycles. The lowest BCUT2D eigenvalue weighted by Crippen LogP contribution is -2.59. The van der Waals surface area contributed by atoms with Gasteiger partial charge in [-0.1, -0.05) is 151 Å². The number of fused-ring (bicyclic) bond motifs is 1. The maximum Gasteiger partial charge on any atom is 0.293 e. The monoisotopic (exact) mass is 1780 g/mol. The summed E-state index contributed by atoms with van der Waals surface area (Å²) >= 11 is 0.879. The number of hydrogen-bond acceptors (Lipinski definition) is 21. The molecule has 0 bridgehead atoms. The summed E-state index contributed by atoms with van der Waals surface area (Å²) in [4.78, 5) is 248. The Hall–Kier alpha value is -12.9. The number of Topliss-reactive ketones (excluding diaryl/α,β-unsaturated/α-hetero) is 3. The number of para-hydroxylation sites is 1. The fourth-order valence-electron chi connectivity index (χ4n) is 15.5. The first-order valence-electron chi connectivity index (χ1n) is 43.0. The maximum absolute atomic E-state index is 15.5. The van der Waals surface area contributed by atoms with Crippen LogP contribution in [-0.4, -0.2) is 261 Å². The number of hydrogen-bond donors (Lipinski definition) is 10. The minimum Gasteiger partial charge on any atom is -0.508 e. The number of unbranched alkanes of at least 4 members (excludes halogenated alkanes) is 1. The highest BCUT2D eigenvalue weighted by atomic mass is 32.2. The number of aromatic hydroxyl groups is 2. The number of benzene rings is 5. The number of thioether (sulfide) groups is 1. The van der Waals surface area contributed by atoms with Gasteiger partial charge in [0.1, 0.15) is 72.2 Å². The van der Waals surface area contributed by atoms with Gasteiger partial charge >= 0.3 is 0 Å². The molecular formula is C94H120N14O19S. The number of H-pyrrole nitrogens is 1. The molecule has 0 saturated carbocycles. The van der Waals surface area contributed by atoms with Gasteiger partial charge in [0.15, 0.2) is 11.6 Å². The molecule has 1 saturated heterocycles. The lowest BCUT2D eigenvalue weighted by Gasteiger charge is -2.37. The van der Waals surface area contributed by atoms with Crippen LogP contribution in [0.3, 0.4) is 0 Å². The number of ketones is 3. The van der Waals surface area contributed by atoms with E-state index in [4.69, 9.17) is 10.5 Å². The zero-order valence-electron chi connectivity index (χ0n) is 74.2. The number of rotatable bonds is 25. The van der Waals surface area contributed by atoms with Crippen molar-refractivity contribution in [3.8, 4) is 11.5 Å². The number of nitrogens with two attached hydrogens (primary N) is 1. The Balaban J connectivity index is 1.20. The summed E-state index contributed by atoms with van der Waals surface area (Å²) < 4.78 is 5.15. The highest BCUT2D eigenvalue weighted by Gasteiger charge is 2.42. The van der Waals surface area contributed by atoms with Crippen LogP contribution in [0, 0.1) is 23.7 Å². The van der Waals surface area contributed by atoms with Crippen LogP contribution in [0.1, 0.15) is 127 Å². The van der Waals surface area contributed by atoms with Gasteiger partial charge in [-0.3, -0.25) is 81.7 Å². The lowest BCUT2D eigenvalue weighted by molar-refractivity contribution is -0.151. The smallest absolute Gasteiger partial charge is 0.293 e. The Morgan fingerprint density at radius 1 is 0.547 bits per heavy atom.